The molecule has 2 amide bonds. The molecule has 1 aromatic heterocycles. The van der Waals surface area contributed by atoms with Crippen molar-refractivity contribution in [1.82, 2.24) is 9.88 Å². The highest BCUT2D eigenvalue weighted by Crippen LogP contribution is 2.45. The number of carbonyl (C=O) groups excluding carboxylic acids is 2. The van der Waals surface area contributed by atoms with Gasteiger partial charge in [-0.3, -0.25) is 14.5 Å². The summed E-state index contributed by atoms with van der Waals surface area (Å²) in [5.74, 6) is 0.173. The Balaban J connectivity index is 1.69. The van der Waals surface area contributed by atoms with E-state index in [0.717, 1.165) is 27.1 Å². The van der Waals surface area contributed by atoms with Crippen LogP contribution in [0.4, 0.5) is 5.69 Å². The predicted octanol–water partition coefficient (Wildman–Crippen LogP) is 5.34. The summed E-state index contributed by atoms with van der Waals surface area (Å²) in [5.41, 5.74) is 3.23. The minimum absolute atomic E-state index is 0.176. The topological polar surface area (TPSA) is 63.6 Å². The van der Waals surface area contributed by atoms with Crippen molar-refractivity contribution in [1.29, 1.82) is 0 Å². The quantitative estimate of drug-likeness (QED) is 0.398. The maximum atomic E-state index is 14.0. The van der Waals surface area contributed by atoms with Crippen LogP contribution in [-0.2, 0) is 23.2 Å². The molecule has 0 aliphatic carbocycles. The number of thioether (sulfide) groups is 1. The number of anilines is 1. The van der Waals surface area contributed by atoms with Gasteiger partial charge in [0, 0.05) is 35.1 Å². The number of hydrogen-bond donors (Lipinski definition) is 1. The molecule has 0 bridgehead atoms. The molecule has 1 aliphatic heterocycles. The van der Waals surface area contributed by atoms with Crippen molar-refractivity contribution >= 4 is 51.8 Å². The molecule has 0 radical (unpaired) electrons. The predicted molar refractivity (Wildman–Crippen MR) is 140 cm³/mol. The van der Waals surface area contributed by atoms with E-state index in [0.29, 0.717) is 23.0 Å². The van der Waals surface area contributed by atoms with Gasteiger partial charge >= 0.3 is 0 Å². The fourth-order valence-electron chi connectivity index (χ4n) is 4.57. The van der Waals surface area contributed by atoms with Crippen LogP contribution < -0.4 is 15.0 Å². The second-order valence-corrected chi connectivity index (χ2v) is 9.67. The number of fused-ring (bicyclic) bond motifs is 3. The van der Waals surface area contributed by atoms with Crippen LogP contribution >= 0.6 is 23.4 Å². The Hall–Kier alpha value is -3.42. The summed E-state index contributed by atoms with van der Waals surface area (Å²) in [6.45, 7) is 0.345. The highest BCUT2D eigenvalue weighted by atomic mass is 35.5. The first kappa shape index (κ1) is 23.3. The molecule has 3 aromatic carbocycles. The molecule has 1 aliphatic rings. The van der Waals surface area contributed by atoms with Crippen molar-refractivity contribution in [3.8, 4) is 5.75 Å². The van der Waals surface area contributed by atoms with E-state index < -0.39 is 6.04 Å². The number of aryl methyl sites for hydroxylation is 1. The van der Waals surface area contributed by atoms with E-state index in [1.165, 1.54) is 23.8 Å². The fraction of sp³-hybridized carbons (Fsp3) is 0.185. The molecule has 1 atom stereocenters. The van der Waals surface area contributed by atoms with Gasteiger partial charge in [0.15, 0.2) is 0 Å². The number of halogens is 1. The fourth-order valence-corrected chi connectivity index (χ4v) is 5.80. The minimum atomic E-state index is -0.908. The summed E-state index contributed by atoms with van der Waals surface area (Å²) < 4.78 is 7.64. The van der Waals surface area contributed by atoms with E-state index in [9.17, 15) is 9.59 Å². The molecule has 0 unspecified atom stereocenters. The van der Waals surface area contributed by atoms with E-state index in [-0.39, 0.29) is 17.6 Å². The standard InChI is InChI=1S/C27H24ClN3O3S/c1-30-20-11-7-6-10-19(20)24-25(26(33)29-15-17-8-4-3-5-9-17)31(23(32)16-35-27(24)30)21-14-18(28)12-13-22(21)34-2/h3-14,25H,15-16H2,1-2H3,(H,29,33)/t25-/m0/s1. The lowest BCUT2D eigenvalue weighted by Gasteiger charge is -2.31. The third-order valence-corrected chi connectivity index (χ3v) is 7.58. The number of nitrogens with zero attached hydrogens (tertiary/aromatic N) is 2. The Morgan fingerprint density at radius 1 is 1.11 bits per heavy atom. The molecule has 6 nitrogen and oxygen atoms in total. The number of ether oxygens (including phenoxy) is 1. The van der Waals surface area contributed by atoms with Crippen molar-refractivity contribution in [3.63, 3.8) is 0 Å². The van der Waals surface area contributed by atoms with Crippen LogP contribution in [0.25, 0.3) is 10.9 Å². The molecule has 0 saturated heterocycles. The monoisotopic (exact) mass is 505 g/mol. The molecule has 5 rings (SSSR count). The average molecular weight is 506 g/mol. The van der Waals surface area contributed by atoms with E-state index in [1.54, 1.807) is 18.2 Å². The van der Waals surface area contributed by atoms with Gasteiger partial charge in [0.05, 0.1) is 23.6 Å². The van der Waals surface area contributed by atoms with Crippen LogP contribution in [0, 0.1) is 0 Å². The number of nitrogens with one attached hydrogen (secondary N) is 1. The van der Waals surface area contributed by atoms with Gasteiger partial charge in [-0.25, -0.2) is 0 Å². The van der Waals surface area contributed by atoms with Gasteiger partial charge in [0.25, 0.3) is 0 Å². The van der Waals surface area contributed by atoms with Gasteiger partial charge in [-0.2, -0.15) is 0 Å². The summed E-state index contributed by atoms with van der Waals surface area (Å²) in [6, 6.07) is 21.8. The van der Waals surface area contributed by atoms with Crippen molar-refractivity contribution in [3.05, 3.63) is 88.9 Å². The first-order chi connectivity index (χ1) is 17.0. The first-order valence-corrected chi connectivity index (χ1v) is 12.5. The second-order valence-electron chi connectivity index (χ2n) is 8.27. The SMILES string of the molecule is COc1ccc(Cl)cc1N1C(=O)CSc2c(c3ccccc3n2C)[C@H]1C(=O)NCc1ccccc1. The lowest BCUT2D eigenvalue weighted by Crippen LogP contribution is -2.44. The van der Waals surface area contributed by atoms with Crippen molar-refractivity contribution in [2.24, 2.45) is 7.05 Å². The molecule has 0 saturated carbocycles. The molecule has 1 N–H and O–H groups in total. The summed E-state index contributed by atoms with van der Waals surface area (Å²) in [4.78, 5) is 29.1. The van der Waals surface area contributed by atoms with Crippen LogP contribution in [0.1, 0.15) is 17.2 Å². The van der Waals surface area contributed by atoms with Gasteiger partial charge in [0.2, 0.25) is 11.8 Å². The van der Waals surface area contributed by atoms with Crippen LogP contribution in [0.3, 0.4) is 0 Å². The van der Waals surface area contributed by atoms with Crippen LogP contribution in [0.5, 0.6) is 5.75 Å². The van der Waals surface area contributed by atoms with E-state index >= 15 is 0 Å². The normalized spacial score (nSPS) is 15.6. The van der Waals surface area contributed by atoms with Crippen molar-refractivity contribution in [2.45, 2.75) is 17.6 Å². The smallest absolute Gasteiger partial charge is 0.248 e. The van der Waals surface area contributed by atoms with Crippen LogP contribution in [0.2, 0.25) is 5.02 Å². The van der Waals surface area contributed by atoms with Crippen LogP contribution in [-0.4, -0.2) is 29.2 Å². The number of rotatable bonds is 5. The van der Waals surface area contributed by atoms with Crippen molar-refractivity contribution < 1.29 is 14.3 Å². The Bertz CT molecular complexity index is 1420. The number of carbonyl (C=O) groups is 2. The Morgan fingerprint density at radius 2 is 1.86 bits per heavy atom. The van der Waals surface area contributed by atoms with Gasteiger partial charge < -0.3 is 14.6 Å². The molecule has 2 heterocycles. The lowest BCUT2D eigenvalue weighted by molar-refractivity contribution is -0.125. The zero-order chi connectivity index (χ0) is 24.5. The molecule has 4 aromatic rings. The highest BCUT2D eigenvalue weighted by Gasteiger charge is 2.40. The zero-order valence-corrected chi connectivity index (χ0v) is 20.9. The molecule has 0 fully saturated rings. The Kier molecular flexibility index (Phi) is 6.45. The third-order valence-electron chi connectivity index (χ3n) is 6.18. The maximum absolute atomic E-state index is 14.0. The number of benzene rings is 3. The molecule has 178 valence electrons. The molecule has 0 spiro atoms. The van der Waals surface area contributed by atoms with Crippen LogP contribution in [0.15, 0.2) is 77.8 Å². The van der Waals surface area contributed by atoms with E-state index in [2.05, 4.69) is 9.88 Å². The van der Waals surface area contributed by atoms with E-state index in [4.69, 9.17) is 16.3 Å². The minimum Gasteiger partial charge on any atom is -0.495 e. The summed E-state index contributed by atoms with van der Waals surface area (Å²) >= 11 is 7.79. The summed E-state index contributed by atoms with van der Waals surface area (Å²) in [6.07, 6.45) is 0. The van der Waals surface area contributed by atoms with Crippen molar-refractivity contribution in [2.75, 3.05) is 17.8 Å². The van der Waals surface area contributed by atoms with Gasteiger partial charge in [-0.1, -0.05) is 71.9 Å². The second kappa shape index (κ2) is 9.68. The maximum Gasteiger partial charge on any atom is 0.248 e. The number of aromatic nitrogens is 1. The van der Waals surface area contributed by atoms with Gasteiger partial charge in [0.1, 0.15) is 11.8 Å². The van der Waals surface area contributed by atoms with E-state index in [1.807, 2.05) is 61.6 Å². The molecule has 35 heavy (non-hydrogen) atoms. The average Bonchev–Trinajstić information content (AvgIpc) is 3.05. The summed E-state index contributed by atoms with van der Waals surface area (Å²) in [7, 11) is 3.50. The molecular weight excluding hydrogens is 482 g/mol. The lowest BCUT2D eigenvalue weighted by atomic mass is 10.0. The van der Waals surface area contributed by atoms with Gasteiger partial charge in [-0.05, 0) is 29.8 Å². The molecule has 8 heteroatoms. The Labute approximate surface area is 212 Å². The number of hydrogen-bond acceptors (Lipinski definition) is 4. The summed E-state index contributed by atoms with van der Waals surface area (Å²) in [5, 5.41) is 5.33. The van der Waals surface area contributed by atoms with Gasteiger partial charge in [-0.15, -0.1) is 0 Å². The zero-order valence-electron chi connectivity index (χ0n) is 19.3. The largest absolute Gasteiger partial charge is 0.495 e. The Morgan fingerprint density at radius 3 is 2.63 bits per heavy atom. The third kappa shape index (κ3) is 4.26. The number of methoxy groups -OCH3 is 1. The number of para-hydroxylation sites is 1. The highest BCUT2D eigenvalue weighted by molar-refractivity contribution is 8.00. The number of amides is 2. The molecular formula is C27H24ClN3O3S. The first-order valence-electron chi connectivity index (χ1n) is 11.2.